The number of hydrogen-bond acceptors (Lipinski definition) is 2. The summed E-state index contributed by atoms with van der Waals surface area (Å²) in [6.45, 7) is 6.63. The first-order valence-corrected chi connectivity index (χ1v) is 8.66. The van der Waals surface area contributed by atoms with Crippen molar-refractivity contribution < 1.29 is 0 Å². The molecule has 4 nitrogen and oxygen atoms in total. The molecule has 0 aliphatic carbocycles. The topological polar surface area (TPSA) is 44.0 Å². The lowest BCUT2D eigenvalue weighted by Gasteiger charge is -2.13. The Balaban J connectivity index is 3.41. The fraction of sp³-hybridized carbons (Fsp3) is 0.647. The molecule has 0 radical (unpaired) electrons. The van der Waals surface area contributed by atoms with Crippen molar-refractivity contribution >= 4 is 17.8 Å². The lowest BCUT2D eigenvalue weighted by Crippen LogP contribution is -2.41. The Morgan fingerprint density at radius 2 is 1.73 bits per heavy atom. The van der Waals surface area contributed by atoms with Crippen LogP contribution in [0.15, 0.2) is 15.7 Å². The molecule has 124 valence electrons. The maximum absolute atomic E-state index is 12.5. The third-order valence-electron chi connectivity index (χ3n) is 3.63. The summed E-state index contributed by atoms with van der Waals surface area (Å²) >= 11 is 6.34. The van der Waals surface area contributed by atoms with Crippen LogP contribution < -0.4 is 11.2 Å². The predicted octanol–water partition coefficient (Wildman–Crippen LogP) is 4.08. The maximum atomic E-state index is 12.5. The van der Waals surface area contributed by atoms with Crippen LogP contribution in [0.25, 0.3) is 6.20 Å². The van der Waals surface area contributed by atoms with Gasteiger partial charge in [0.1, 0.15) is 5.15 Å². The Bertz CT molecular complexity index is 614. The molecule has 0 saturated heterocycles. The highest BCUT2D eigenvalue weighted by Crippen LogP contribution is 2.14. The predicted molar refractivity (Wildman–Crippen MR) is 93.7 cm³/mol. The van der Waals surface area contributed by atoms with Gasteiger partial charge in [-0.3, -0.25) is 13.9 Å². The van der Waals surface area contributed by atoms with Crippen molar-refractivity contribution in [2.24, 2.45) is 0 Å². The molecule has 22 heavy (non-hydrogen) atoms. The van der Waals surface area contributed by atoms with Crippen molar-refractivity contribution in [3.05, 3.63) is 37.6 Å². The summed E-state index contributed by atoms with van der Waals surface area (Å²) in [6, 6.07) is 0. The van der Waals surface area contributed by atoms with E-state index in [1.165, 1.54) is 9.13 Å². The summed E-state index contributed by atoms with van der Waals surface area (Å²) in [5.41, 5.74) is -0.00605. The summed E-state index contributed by atoms with van der Waals surface area (Å²) in [4.78, 5) is 25.1. The zero-order chi connectivity index (χ0) is 16.5. The van der Waals surface area contributed by atoms with E-state index in [2.05, 4.69) is 13.8 Å². The van der Waals surface area contributed by atoms with Gasteiger partial charge >= 0.3 is 5.69 Å². The standard InChI is InChI=1S/C17H27ClN2O2/c1-4-7-10-13-19-15(18)14(11-8-5-2)16(21)20(17(19)22)12-9-6-3/h10,13H,4-9,11-12H2,1-3H3/b13-10+. The molecular weight excluding hydrogens is 300 g/mol. The van der Waals surface area contributed by atoms with E-state index in [-0.39, 0.29) is 16.4 Å². The normalized spacial score (nSPS) is 11.5. The second kappa shape index (κ2) is 9.67. The van der Waals surface area contributed by atoms with Crippen LogP contribution in [-0.2, 0) is 13.0 Å². The number of nitrogens with zero attached hydrogens (tertiary/aromatic N) is 2. The van der Waals surface area contributed by atoms with Gasteiger partial charge in [-0.1, -0.05) is 57.7 Å². The Morgan fingerprint density at radius 3 is 2.32 bits per heavy atom. The smallest absolute Gasteiger partial charge is 0.269 e. The highest BCUT2D eigenvalue weighted by Gasteiger charge is 2.16. The molecule has 0 unspecified atom stereocenters. The van der Waals surface area contributed by atoms with Gasteiger partial charge in [-0.2, -0.15) is 0 Å². The lowest BCUT2D eigenvalue weighted by atomic mass is 10.1. The molecule has 1 heterocycles. The fourth-order valence-electron chi connectivity index (χ4n) is 2.25. The number of aromatic nitrogens is 2. The first-order valence-electron chi connectivity index (χ1n) is 8.28. The Labute approximate surface area is 137 Å². The van der Waals surface area contributed by atoms with Crippen molar-refractivity contribution in [1.29, 1.82) is 0 Å². The molecule has 0 saturated carbocycles. The minimum atomic E-state index is -0.337. The van der Waals surface area contributed by atoms with Gasteiger partial charge in [0, 0.05) is 12.7 Å². The van der Waals surface area contributed by atoms with E-state index in [1.54, 1.807) is 6.20 Å². The van der Waals surface area contributed by atoms with Crippen molar-refractivity contribution in [2.45, 2.75) is 72.3 Å². The molecule has 1 rings (SSSR count). The zero-order valence-corrected chi connectivity index (χ0v) is 14.7. The van der Waals surface area contributed by atoms with Gasteiger partial charge in [0.2, 0.25) is 0 Å². The second-order valence-electron chi connectivity index (χ2n) is 5.51. The number of hydrogen-bond donors (Lipinski definition) is 0. The second-order valence-corrected chi connectivity index (χ2v) is 5.87. The number of halogens is 1. The molecular formula is C17H27ClN2O2. The van der Waals surface area contributed by atoms with Crippen LogP contribution in [0.5, 0.6) is 0 Å². The van der Waals surface area contributed by atoms with Crippen molar-refractivity contribution in [3.63, 3.8) is 0 Å². The molecule has 0 aliphatic heterocycles. The molecule has 5 heteroatoms. The number of unbranched alkanes of at least 4 members (excludes halogenated alkanes) is 3. The molecule has 0 atom stereocenters. The molecule has 0 aliphatic rings. The number of allylic oxidation sites excluding steroid dienone is 1. The van der Waals surface area contributed by atoms with Crippen LogP contribution >= 0.6 is 11.6 Å². The zero-order valence-electron chi connectivity index (χ0n) is 13.9. The summed E-state index contributed by atoms with van der Waals surface area (Å²) in [6.07, 6.45) is 9.73. The summed E-state index contributed by atoms with van der Waals surface area (Å²) < 4.78 is 2.75. The average Bonchev–Trinajstić information content (AvgIpc) is 2.50. The van der Waals surface area contributed by atoms with Gasteiger partial charge in [0.05, 0.1) is 5.56 Å². The van der Waals surface area contributed by atoms with E-state index in [1.807, 2.05) is 13.0 Å². The molecule has 1 aromatic rings. The highest BCUT2D eigenvalue weighted by molar-refractivity contribution is 6.30. The number of rotatable bonds is 9. The third-order valence-corrected chi connectivity index (χ3v) is 4.04. The van der Waals surface area contributed by atoms with Gasteiger partial charge in [-0.25, -0.2) is 4.79 Å². The lowest BCUT2D eigenvalue weighted by molar-refractivity contribution is 0.564. The molecule has 0 amide bonds. The quantitative estimate of drug-likeness (QED) is 0.642. The van der Waals surface area contributed by atoms with Crippen LogP contribution in [0, 0.1) is 0 Å². The van der Waals surface area contributed by atoms with Gasteiger partial charge in [-0.15, -0.1) is 0 Å². The van der Waals surface area contributed by atoms with Crippen LogP contribution in [-0.4, -0.2) is 9.13 Å². The molecule has 0 spiro atoms. The molecule has 0 bridgehead atoms. The van der Waals surface area contributed by atoms with Crippen LogP contribution in [0.2, 0.25) is 5.15 Å². The first-order chi connectivity index (χ1) is 10.6. The summed E-state index contributed by atoms with van der Waals surface area (Å²) in [5, 5.41) is 0.267. The van der Waals surface area contributed by atoms with Crippen LogP contribution in [0.3, 0.4) is 0 Å². The molecule has 0 aromatic carbocycles. The highest BCUT2D eigenvalue weighted by atomic mass is 35.5. The molecule has 1 aromatic heterocycles. The fourth-order valence-corrected chi connectivity index (χ4v) is 2.55. The monoisotopic (exact) mass is 326 g/mol. The molecule has 0 N–H and O–H groups in total. The van der Waals surface area contributed by atoms with E-state index in [9.17, 15) is 9.59 Å². The van der Waals surface area contributed by atoms with Gasteiger partial charge in [0.15, 0.2) is 0 Å². The Hall–Kier alpha value is -1.29. The largest absolute Gasteiger partial charge is 0.336 e. The van der Waals surface area contributed by atoms with E-state index < -0.39 is 0 Å². The maximum Gasteiger partial charge on any atom is 0.336 e. The minimum Gasteiger partial charge on any atom is -0.269 e. The van der Waals surface area contributed by atoms with E-state index in [0.29, 0.717) is 18.5 Å². The van der Waals surface area contributed by atoms with E-state index >= 15 is 0 Å². The molecule has 0 fully saturated rings. The summed E-state index contributed by atoms with van der Waals surface area (Å²) in [5.74, 6) is 0. The van der Waals surface area contributed by atoms with E-state index in [4.69, 9.17) is 11.6 Å². The third kappa shape index (κ3) is 4.60. The average molecular weight is 327 g/mol. The minimum absolute atomic E-state index is 0.225. The van der Waals surface area contributed by atoms with Crippen molar-refractivity contribution in [3.8, 4) is 0 Å². The first kappa shape index (κ1) is 18.8. The van der Waals surface area contributed by atoms with Gasteiger partial charge in [-0.05, 0) is 25.7 Å². The van der Waals surface area contributed by atoms with Crippen LogP contribution in [0.1, 0.15) is 64.9 Å². The van der Waals surface area contributed by atoms with Crippen molar-refractivity contribution in [1.82, 2.24) is 9.13 Å². The van der Waals surface area contributed by atoms with Crippen molar-refractivity contribution in [2.75, 3.05) is 0 Å². The summed E-state index contributed by atoms with van der Waals surface area (Å²) in [7, 11) is 0. The van der Waals surface area contributed by atoms with Crippen LogP contribution in [0.4, 0.5) is 0 Å². The van der Waals surface area contributed by atoms with Gasteiger partial charge in [0.25, 0.3) is 5.56 Å². The van der Waals surface area contributed by atoms with Gasteiger partial charge < -0.3 is 0 Å². The Morgan fingerprint density at radius 1 is 1.05 bits per heavy atom. The van der Waals surface area contributed by atoms with E-state index in [0.717, 1.165) is 38.5 Å². The SMILES string of the molecule is CCC/C=C/n1c(Cl)c(CCCC)c(=O)n(CCCC)c1=O. The Kier molecular flexibility index (Phi) is 8.25.